The van der Waals surface area contributed by atoms with E-state index in [-0.39, 0.29) is 5.41 Å². The zero-order chi connectivity index (χ0) is 14.5. The van der Waals surface area contributed by atoms with Crippen molar-refractivity contribution in [3.05, 3.63) is 28.0 Å². The Morgan fingerprint density at radius 2 is 2.15 bits per heavy atom. The number of halogens is 2. The molecule has 0 radical (unpaired) electrons. The molecule has 2 fully saturated rings. The largest absolute Gasteiger partial charge is 0.377 e. The lowest BCUT2D eigenvalue weighted by molar-refractivity contribution is -0.151. The van der Waals surface area contributed by atoms with Crippen molar-refractivity contribution in [1.82, 2.24) is 9.88 Å². The van der Waals surface area contributed by atoms with Gasteiger partial charge in [0.05, 0.1) is 16.8 Å². The van der Waals surface area contributed by atoms with Crippen LogP contribution in [0.5, 0.6) is 0 Å². The quantitative estimate of drug-likeness (QED) is 0.797. The first-order valence-electron chi connectivity index (χ1n) is 7.04. The Morgan fingerprint density at radius 3 is 2.90 bits per heavy atom. The van der Waals surface area contributed by atoms with E-state index in [1.165, 1.54) is 0 Å². The first-order valence-corrected chi connectivity index (χ1v) is 7.79. The van der Waals surface area contributed by atoms with Crippen LogP contribution in [0.2, 0.25) is 10.2 Å². The lowest BCUT2D eigenvalue weighted by Crippen LogP contribution is -2.65. The Morgan fingerprint density at radius 1 is 1.40 bits per heavy atom. The Kier molecular flexibility index (Phi) is 3.74. The fraction of sp³-hybridized carbons (Fsp3) is 0.667. The van der Waals surface area contributed by atoms with Gasteiger partial charge in [-0.15, -0.1) is 0 Å². The standard InChI is InChI=1S/C15H20Cl2N2O/c1-15(2)13(9-6-7-20-14(9)15)19(3)8-11-10(16)4-5-12(17)18-11/h4-5,9,13-14H,6-8H2,1-3H3/t9-,13+,14-/m0/s1. The molecule has 2 aliphatic rings. The lowest BCUT2D eigenvalue weighted by atomic mass is 9.57. The molecule has 0 amide bonds. The highest BCUT2D eigenvalue weighted by molar-refractivity contribution is 6.32. The van der Waals surface area contributed by atoms with Crippen molar-refractivity contribution in [1.29, 1.82) is 0 Å². The smallest absolute Gasteiger partial charge is 0.129 e. The fourth-order valence-electron chi connectivity index (χ4n) is 4.10. The summed E-state index contributed by atoms with van der Waals surface area (Å²) in [5.41, 5.74) is 1.03. The van der Waals surface area contributed by atoms with Gasteiger partial charge in [-0.2, -0.15) is 0 Å². The molecule has 0 N–H and O–H groups in total. The highest BCUT2D eigenvalue weighted by Gasteiger charge is 2.60. The SMILES string of the molecule is CN(Cc1nc(Cl)ccc1Cl)[C@@H]1[C@@H]2CCO[C@@H]2C1(C)C. The molecule has 1 aliphatic heterocycles. The second-order valence-electron chi connectivity index (χ2n) is 6.49. The molecule has 1 saturated heterocycles. The summed E-state index contributed by atoms with van der Waals surface area (Å²) in [5, 5.41) is 1.17. The van der Waals surface area contributed by atoms with E-state index in [4.69, 9.17) is 27.9 Å². The van der Waals surface area contributed by atoms with Crippen LogP contribution in [0.3, 0.4) is 0 Å². The van der Waals surface area contributed by atoms with Crippen molar-refractivity contribution >= 4 is 23.2 Å². The molecule has 0 unspecified atom stereocenters. The van der Waals surface area contributed by atoms with Gasteiger partial charge < -0.3 is 4.74 Å². The van der Waals surface area contributed by atoms with Crippen LogP contribution in [-0.4, -0.2) is 35.7 Å². The van der Waals surface area contributed by atoms with Crippen LogP contribution < -0.4 is 0 Å². The highest BCUT2D eigenvalue weighted by Crippen LogP contribution is 2.54. The highest BCUT2D eigenvalue weighted by atomic mass is 35.5. The van der Waals surface area contributed by atoms with E-state index in [2.05, 4.69) is 30.8 Å². The Bertz CT molecular complexity index is 521. The third-order valence-corrected chi connectivity index (χ3v) is 5.35. The molecule has 2 heterocycles. The summed E-state index contributed by atoms with van der Waals surface area (Å²) in [6.45, 7) is 6.18. The van der Waals surface area contributed by atoms with Gasteiger partial charge in [-0.3, -0.25) is 4.90 Å². The average Bonchev–Trinajstić information content (AvgIpc) is 2.79. The minimum Gasteiger partial charge on any atom is -0.377 e. The van der Waals surface area contributed by atoms with Crippen LogP contribution in [-0.2, 0) is 11.3 Å². The number of rotatable bonds is 3. The number of fused-ring (bicyclic) bond motifs is 1. The van der Waals surface area contributed by atoms with E-state index in [9.17, 15) is 0 Å². The molecular formula is C15H20Cl2N2O. The predicted molar refractivity (Wildman–Crippen MR) is 81.1 cm³/mol. The zero-order valence-corrected chi connectivity index (χ0v) is 13.6. The predicted octanol–water partition coefficient (Wildman–Crippen LogP) is 3.63. The van der Waals surface area contributed by atoms with E-state index in [0.29, 0.717) is 28.2 Å². The molecular weight excluding hydrogens is 295 g/mol. The van der Waals surface area contributed by atoms with Gasteiger partial charge in [0.25, 0.3) is 0 Å². The van der Waals surface area contributed by atoms with E-state index in [1.54, 1.807) is 6.07 Å². The minimum atomic E-state index is 0.182. The number of nitrogens with zero attached hydrogens (tertiary/aromatic N) is 2. The molecule has 3 nitrogen and oxygen atoms in total. The molecule has 110 valence electrons. The van der Waals surface area contributed by atoms with Gasteiger partial charge in [-0.1, -0.05) is 37.0 Å². The molecule has 1 aromatic heterocycles. The summed E-state index contributed by atoms with van der Waals surface area (Å²) in [4.78, 5) is 6.69. The van der Waals surface area contributed by atoms with Gasteiger partial charge in [0.1, 0.15) is 5.15 Å². The van der Waals surface area contributed by atoms with Crippen molar-refractivity contribution in [3.63, 3.8) is 0 Å². The molecule has 0 aromatic carbocycles. The number of aromatic nitrogens is 1. The third-order valence-electron chi connectivity index (χ3n) is 4.80. The second kappa shape index (κ2) is 5.13. The van der Waals surface area contributed by atoms with E-state index >= 15 is 0 Å². The fourth-order valence-corrected chi connectivity index (χ4v) is 4.43. The second-order valence-corrected chi connectivity index (χ2v) is 7.28. The molecule has 1 aromatic rings. The van der Waals surface area contributed by atoms with E-state index in [0.717, 1.165) is 25.3 Å². The van der Waals surface area contributed by atoms with Crippen LogP contribution in [0.15, 0.2) is 12.1 Å². The van der Waals surface area contributed by atoms with Crippen LogP contribution in [0.25, 0.3) is 0 Å². The van der Waals surface area contributed by atoms with Gasteiger partial charge in [0, 0.05) is 30.5 Å². The Labute approximate surface area is 130 Å². The first-order chi connectivity index (χ1) is 9.41. The number of ether oxygens (including phenoxy) is 1. The van der Waals surface area contributed by atoms with E-state index in [1.807, 2.05) is 6.07 Å². The van der Waals surface area contributed by atoms with Crippen molar-refractivity contribution in [3.8, 4) is 0 Å². The zero-order valence-electron chi connectivity index (χ0n) is 12.1. The van der Waals surface area contributed by atoms with Crippen molar-refractivity contribution in [2.75, 3.05) is 13.7 Å². The summed E-state index contributed by atoms with van der Waals surface area (Å²) in [6.07, 6.45) is 1.55. The molecule has 0 spiro atoms. The number of hydrogen-bond donors (Lipinski definition) is 0. The Balaban J connectivity index is 1.76. The maximum atomic E-state index is 6.22. The monoisotopic (exact) mass is 314 g/mol. The van der Waals surface area contributed by atoms with Gasteiger partial charge in [-0.05, 0) is 25.6 Å². The van der Waals surface area contributed by atoms with Crippen LogP contribution in [0.1, 0.15) is 26.0 Å². The van der Waals surface area contributed by atoms with Crippen molar-refractivity contribution in [2.45, 2.75) is 39.0 Å². The summed E-state index contributed by atoms with van der Waals surface area (Å²) in [6, 6.07) is 4.04. The average molecular weight is 315 g/mol. The normalized spacial score (nSPS) is 31.2. The Hall–Kier alpha value is -0.350. The lowest BCUT2D eigenvalue weighted by Gasteiger charge is -2.58. The molecule has 3 rings (SSSR count). The van der Waals surface area contributed by atoms with Gasteiger partial charge in [0.15, 0.2) is 0 Å². The molecule has 20 heavy (non-hydrogen) atoms. The number of pyridine rings is 1. The van der Waals surface area contributed by atoms with Crippen molar-refractivity contribution in [2.24, 2.45) is 11.3 Å². The summed E-state index contributed by atoms with van der Waals surface area (Å²) >= 11 is 12.2. The topological polar surface area (TPSA) is 25.4 Å². The summed E-state index contributed by atoms with van der Waals surface area (Å²) in [5.74, 6) is 0.632. The van der Waals surface area contributed by atoms with Crippen LogP contribution in [0, 0.1) is 11.3 Å². The first kappa shape index (κ1) is 14.6. The molecule has 0 bridgehead atoms. The summed E-state index contributed by atoms with van der Waals surface area (Å²) < 4.78 is 5.85. The third kappa shape index (κ3) is 2.25. The van der Waals surface area contributed by atoms with Crippen LogP contribution in [0.4, 0.5) is 0 Å². The molecule has 5 heteroatoms. The van der Waals surface area contributed by atoms with Gasteiger partial charge >= 0.3 is 0 Å². The van der Waals surface area contributed by atoms with Gasteiger partial charge in [-0.25, -0.2) is 4.98 Å². The maximum absolute atomic E-state index is 6.22. The number of hydrogen-bond acceptors (Lipinski definition) is 3. The van der Waals surface area contributed by atoms with E-state index < -0.39 is 0 Å². The molecule has 3 atom stereocenters. The maximum Gasteiger partial charge on any atom is 0.129 e. The van der Waals surface area contributed by atoms with Gasteiger partial charge in [0.2, 0.25) is 0 Å². The molecule has 1 aliphatic carbocycles. The summed E-state index contributed by atoms with van der Waals surface area (Å²) in [7, 11) is 2.14. The minimum absolute atomic E-state index is 0.182. The van der Waals surface area contributed by atoms with Crippen molar-refractivity contribution < 1.29 is 4.74 Å². The van der Waals surface area contributed by atoms with Crippen LogP contribution >= 0.6 is 23.2 Å². The molecule has 1 saturated carbocycles.